The van der Waals surface area contributed by atoms with Gasteiger partial charge in [-0.05, 0) is 84.1 Å². The number of hydrogen-bond donors (Lipinski definition) is 4. The van der Waals surface area contributed by atoms with Crippen molar-refractivity contribution < 1.29 is 58.1 Å². The quantitative estimate of drug-likeness (QED) is 0.0295. The summed E-state index contributed by atoms with van der Waals surface area (Å²) in [5.41, 5.74) is 4.90. The number of nitro groups is 1. The highest BCUT2D eigenvalue weighted by Gasteiger charge is 2.19. The second kappa shape index (κ2) is 21.6. The first-order valence-corrected chi connectivity index (χ1v) is 20.6. The molecule has 62 heavy (non-hydrogen) atoms. The summed E-state index contributed by atoms with van der Waals surface area (Å²) in [5.74, 6) is 0.258. The van der Waals surface area contributed by atoms with Crippen LogP contribution in [0.25, 0.3) is 22.9 Å². The molecule has 0 saturated heterocycles. The van der Waals surface area contributed by atoms with Crippen molar-refractivity contribution in [1.29, 1.82) is 0 Å². The lowest BCUT2D eigenvalue weighted by Gasteiger charge is -2.10. The number of phenols is 1. The average Bonchev–Trinajstić information content (AvgIpc) is 3.22. The van der Waals surface area contributed by atoms with E-state index in [4.69, 9.17) is 30.0 Å². The van der Waals surface area contributed by atoms with Gasteiger partial charge < -0.3 is 20.3 Å². The van der Waals surface area contributed by atoms with Crippen LogP contribution >= 0.6 is 0 Å². The molecule has 0 fully saturated rings. The van der Waals surface area contributed by atoms with Crippen molar-refractivity contribution in [2.75, 3.05) is 12.4 Å². The predicted molar refractivity (Wildman–Crippen MR) is 225 cm³/mol. The van der Waals surface area contributed by atoms with Crippen LogP contribution in [0.2, 0.25) is 0 Å². The maximum absolute atomic E-state index is 11.8. The van der Waals surface area contributed by atoms with E-state index >= 15 is 0 Å². The molecule has 0 spiro atoms. The van der Waals surface area contributed by atoms with Gasteiger partial charge in [0.1, 0.15) is 22.0 Å². The molecule has 0 heterocycles. The number of nitro benzene ring substituents is 1. The van der Waals surface area contributed by atoms with E-state index in [0.29, 0.717) is 39.3 Å². The highest BCUT2D eigenvalue weighted by Crippen LogP contribution is 2.40. The Hall–Kier alpha value is -7.57. The van der Waals surface area contributed by atoms with Gasteiger partial charge in [-0.15, -0.1) is 35.5 Å². The minimum absolute atomic E-state index is 0.0411. The SMILES string of the molecule is COc1cc(N=Nc2ccc(C=Cc3ccc([N+](=O)[O-])cc3S(=O)(=O)O)cc2)c(CO)cc1N=Nc1ccc2cc(Nc3ccc(C)cc3)ccc2c1O.O=S(=O)=O.O=S(=O)=O. The summed E-state index contributed by atoms with van der Waals surface area (Å²) in [6, 6.07) is 30.1. The van der Waals surface area contributed by atoms with Crippen molar-refractivity contribution in [3.05, 3.63) is 142 Å². The highest BCUT2D eigenvalue weighted by molar-refractivity contribution is 7.86. The number of aromatic hydroxyl groups is 1. The van der Waals surface area contributed by atoms with Crippen molar-refractivity contribution in [1.82, 2.24) is 0 Å². The zero-order chi connectivity index (χ0) is 45.6. The molecule has 4 N–H and O–H groups in total. The largest absolute Gasteiger partial charge is 0.505 e. The van der Waals surface area contributed by atoms with Crippen LogP contribution in [-0.2, 0) is 37.9 Å². The van der Waals surface area contributed by atoms with E-state index in [-0.39, 0.29) is 23.6 Å². The third-order valence-corrected chi connectivity index (χ3v) is 9.14. The van der Waals surface area contributed by atoms with Crippen molar-refractivity contribution in [2.24, 2.45) is 20.5 Å². The van der Waals surface area contributed by atoms with E-state index in [1.807, 2.05) is 49.4 Å². The minimum Gasteiger partial charge on any atom is -0.505 e. The molecular formula is C39H32N6O14S3. The van der Waals surface area contributed by atoms with Crippen molar-refractivity contribution in [3.63, 3.8) is 0 Å². The summed E-state index contributed by atoms with van der Waals surface area (Å²) in [5, 5.41) is 54.1. The second-order valence-electron chi connectivity index (χ2n) is 12.4. The lowest BCUT2D eigenvalue weighted by molar-refractivity contribution is -0.385. The summed E-state index contributed by atoms with van der Waals surface area (Å²) in [6.07, 6.45) is 2.97. The highest BCUT2D eigenvalue weighted by atomic mass is 32.2. The number of benzene rings is 6. The monoisotopic (exact) mass is 904 g/mol. The molecular weight excluding hydrogens is 873 g/mol. The molecule has 6 aromatic rings. The molecule has 20 nitrogen and oxygen atoms in total. The van der Waals surface area contributed by atoms with Crippen LogP contribution in [0, 0.1) is 17.0 Å². The molecule has 0 aliphatic rings. The number of methoxy groups -OCH3 is 1. The van der Waals surface area contributed by atoms with E-state index in [1.54, 1.807) is 54.6 Å². The number of ether oxygens (including phenoxy) is 1. The van der Waals surface area contributed by atoms with E-state index < -0.39 is 46.8 Å². The summed E-state index contributed by atoms with van der Waals surface area (Å²) < 4.78 is 89.4. The first-order chi connectivity index (χ1) is 29.4. The van der Waals surface area contributed by atoms with Gasteiger partial charge in [0.15, 0.2) is 5.75 Å². The van der Waals surface area contributed by atoms with Gasteiger partial charge in [0.25, 0.3) is 15.8 Å². The molecule has 0 atom stereocenters. The van der Waals surface area contributed by atoms with Gasteiger partial charge in [-0.3, -0.25) is 14.7 Å². The number of aliphatic hydroxyl groups excluding tert-OH is 1. The maximum Gasteiger partial charge on any atom is 0.425 e. The molecule has 0 amide bonds. The molecule has 0 radical (unpaired) electrons. The van der Waals surface area contributed by atoms with Crippen LogP contribution in [0.3, 0.4) is 0 Å². The Morgan fingerprint density at radius 1 is 0.742 bits per heavy atom. The van der Waals surface area contributed by atoms with Gasteiger partial charge in [0.2, 0.25) is 0 Å². The Kier molecular flexibility index (Phi) is 16.4. The number of aliphatic hydroxyl groups is 1. The number of non-ortho nitro benzene ring substituents is 1. The number of nitrogens with zero attached hydrogens (tertiary/aromatic N) is 5. The molecule has 6 rings (SSSR count). The van der Waals surface area contributed by atoms with Gasteiger partial charge in [-0.2, -0.15) is 18.6 Å². The summed E-state index contributed by atoms with van der Waals surface area (Å²) in [4.78, 5) is 9.71. The van der Waals surface area contributed by atoms with E-state index in [0.717, 1.165) is 34.5 Å². The number of rotatable bonds is 12. The number of hydrogen-bond acceptors (Lipinski definition) is 18. The Labute approximate surface area is 355 Å². The second-order valence-corrected chi connectivity index (χ2v) is 14.6. The standard InChI is InChI=1S/C39H32N6O8S.2O3S/c1-24-3-11-29(12-4-24)40-31-15-17-33-27(19-31)10-18-34(39(33)47)42-44-36-20-28(23-46)35(22-37(36)53-2)43-41-30-13-6-25(7-14-30)5-8-26-9-16-32(45(48)49)21-38(26)54(50,51)52;2*1-4(2)3/h3-22,40,46-47H,23H2,1-2H3,(H,50,51,52);;. The van der Waals surface area contributed by atoms with Crippen LogP contribution < -0.4 is 10.1 Å². The third kappa shape index (κ3) is 13.7. The van der Waals surface area contributed by atoms with Gasteiger partial charge in [-0.25, -0.2) is 0 Å². The normalized spacial score (nSPS) is 11.2. The summed E-state index contributed by atoms with van der Waals surface area (Å²) >= 11 is 0. The molecule has 0 aliphatic heterocycles. The Morgan fingerprint density at radius 3 is 1.95 bits per heavy atom. The van der Waals surface area contributed by atoms with E-state index in [2.05, 4.69) is 25.8 Å². The first kappa shape index (κ1) is 47.1. The van der Waals surface area contributed by atoms with Crippen LogP contribution in [-0.4, -0.2) is 60.5 Å². The zero-order valence-corrected chi connectivity index (χ0v) is 34.5. The number of azo groups is 2. The van der Waals surface area contributed by atoms with Crippen LogP contribution in [0.4, 0.5) is 39.8 Å². The number of aryl methyl sites for hydroxylation is 1. The lowest BCUT2D eigenvalue weighted by atomic mass is 10.1. The molecule has 0 unspecified atom stereocenters. The van der Waals surface area contributed by atoms with Gasteiger partial charge in [-0.1, -0.05) is 48.0 Å². The van der Waals surface area contributed by atoms with Crippen molar-refractivity contribution >= 4 is 94.1 Å². The smallest absolute Gasteiger partial charge is 0.425 e. The number of nitrogens with one attached hydrogen (secondary N) is 1. The number of fused-ring (bicyclic) bond motifs is 1. The van der Waals surface area contributed by atoms with Crippen LogP contribution in [0.15, 0.2) is 135 Å². The Bertz CT molecular complexity index is 3010. The molecule has 320 valence electrons. The number of phenolic OH excluding ortho intramolecular Hbond substituents is 1. The van der Waals surface area contributed by atoms with Gasteiger partial charge in [0, 0.05) is 40.5 Å². The maximum atomic E-state index is 11.8. The Morgan fingerprint density at radius 2 is 1.35 bits per heavy atom. The molecule has 0 aliphatic carbocycles. The predicted octanol–water partition coefficient (Wildman–Crippen LogP) is 8.25. The van der Waals surface area contributed by atoms with Gasteiger partial charge >= 0.3 is 21.2 Å². The summed E-state index contributed by atoms with van der Waals surface area (Å²) in [7, 11) is -9.49. The molecule has 23 heteroatoms. The molecule has 0 aromatic heterocycles. The van der Waals surface area contributed by atoms with Gasteiger partial charge in [0.05, 0.1) is 30.0 Å². The van der Waals surface area contributed by atoms with Crippen molar-refractivity contribution in [2.45, 2.75) is 18.4 Å². The lowest BCUT2D eigenvalue weighted by Crippen LogP contribution is -2.02. The molecule has 6 aromatic carbocycles. The minimum atomic E-state index is -4.72. The average molecular weight is 905 g/mol. The van der Waals surface area contributed by atoms with Crippen LogP contribution in [0.5, 0.6) is 11.5 Å². The fourth-order valence-corrected chi connectivity index (χ4v) is 6.08. The zero-order valence-electron chi connectivity index (χ0n) is 32.0. The van der Waals surface area contributed by atoms with E-state index in [9.17, 15) is 33.3 Å². The van der Waals surface area contributed by atoms with Crippen LogP contribution in [0.1, 0.15) is 22.3 Å². The topological polar surface area (TPSA) is 311 Å². The fraction of sp³-hybridized carbons (Fsp3) is 0.0769. The molecule has 0 saturated carbocycles. The van der Waals surface area contributed by atoms with E-state index in [1.165, 1.54) is 19.3 Å². The van der Waals surface area contributed by atoms with Crippen molar-refractivity contribution in [3.8, 4) is 11.5 Å². The number of anilines is 2. The molecule has 0 bridgehead atoms. The fourth-order valence-electron chi connectivity index (χ4n) is 5.38. The Balaban J connectivity index is 0.000000972. The third-order valence-electron chi connectivity index (χ3n) is 8.23. The first-order valence-electron chi connectivity index (χ1n) is 17.2. The summed E-state index contributed by atoms with van der Waals surface area (Å²) in [6.45, 7) is 1.64.